The minimum absolute atomic E-state index is 0.0105. The standard InChI is InChI=1S/C17H19ClN2O3S2/c18-15-2-1-14(25-15)10-24-11-16(21)19-13-3-6-20(7-4-13)17(22)12-5-8-23-9-12/h1-2,5,8-9,13H,3-4,6-7,10-11H2,(H,19,21). The second-order valence-corrected chi connectivity index (χ2v) is 8.63. The van der Waals surface area contributed by atoms with E-state index in [4.69, 9.17) is 16.0 Å². The van der Waals surface area contributed by atoms with E-state index in [0.29, 0.717) is 24.4 Å². The van der Waals surface area contributed by atoms with Gasteiger partial charge in [-0.3, -0.25) is 9.59 Å². The highest BCUT2D eigenvalue weighted by Gasteiger charge is 2.24. The van der Waals surface area contributed by atoms with Crippen molar-refractivity contribution in [2.45, 2.75) is 24.6 Å². The molecule has 0 spiro atoms. The lowest BCUT2D eigenvalue weighted by molar-refractivity contribution is -0.119. The molecular weight excluding hydrogens is 380 g/mol. The zero-order valence-corrected chi connectivity index (χ0v) is 16.0. The van der Waals surface area contributed by atoms with Crippen molar-refractivity contribution in [3.8, 4) is 0 Å². The van der Waals surface area contributed by atoms with Crippen molar-refractivity contribution in [1.29, 1.82) is 0 Å². The fourth-order valence-electron chi connectivity index (χ4n) is 2.74. The van der Waals surface area contributed by atoms with Crippen molar-refractivity contribution in [2.24, 2.45) is 0 Å². The smallest absolute Gasteiger partial charge is 0.257 e. The summed E-state index contributed by atoms with van der Waals surface area (Å²) in [5.74, 6) is 1.27. The molecular formula is C17H19ClN2O3S2. The highest BCUT2D eigenvalue weighted by molar-refractivity contribution is 7.99. The number of nitrogens with zero attached hydrogens (tertiary/aromatic N) is 1. The van der Waals surface area contributed by atoms with Crippen LogP contribution in [-0.2, 0) is 10.5 Å². The van der Waals surface area contributed by atoms with Crippen molar-refractivity contribution < 1.29 is 14.0 Å². The number of thiophene rings is 1. The van der Waals surface area contributed by atoms with Crippen LogP contribution in [0.3, 0.4) is 0 Å². The van der Waals surface area contributed by atoms with Gasteiger partial charge in [-0.25, -0.2) is 0 Å². The van der Waals surface area contributed by atoms with Gasteiger partial charge in [-0.15, -0.1) is 23.1 Å². The molecule has 2 aromatic rings. The Hall–Kier alpha value is -1.44. The van der Waals surface area contributed by atoms with Gasteiger partial charge in [0.05, 0.1) is 21.9 Å². The third-order valence-electron chi connectivity index (χ3n) is 4.02. The molecule has 1 aliphatic rings. The van der Waals surface area contributed by atoms with Crippen molar-refractivity contribution in [3.05, 3.63) is 45.5 Å². The summed E-state index contributed by atoms with van der Waals surface area (Å²) in [6, 6.07) is 5.68. The number of rotatable bonds is 6. The minimum atomic E-state index is -0.0105. The van der Waals surface area contributed by atoms with E-state index < -0.39 is 0 Å². The van der Waals surface area contributed by atoms with Gasteiger partial charge in [-0.2, -0.15) is 0 Å². The number of hydrogen-bond donors (Lipinski definition) is 1. The van der Waals surface area contributed by atoms with E-state index in [1.54, 1.807) is 29.2 Å². The van der Waals surface area contributed by atoms with Crippen LogP contribution in [0.2, 0.25) is 4.34 Å². The molecule has 0 unspecified atom stereocenters. The van der Waals surface area contributed by atoms with Crippen LogP contribution in [0.1, 0.15) is 28.1 Å². The Kier molecular flexibility index (Phi) is 6.45. The summed E-state index contributed by atoms with van der Waals surface area (Å²) in [5.41, 5.74) is 0.576. The second-order valence-electron chi connectivity index (χ2n) is 5.84. The zero-order valence-electron chi connectivity index (χ0n) is 13.6. The molecule has 2 amide bonds. The van der Waals surface area contributed by atoms with Gasteiger partial charge in [0.15, 0.2) is 0 Å². The molecule has 1 aliphatic heterocycles. The molecule has 134 valence electrons. The monoisotopic (exact) mass is 398 g/mol. The Bertz CT molecular complexity index is 709. The van der Waals surface area contributed by atoms with Gasteiger partial charge in [-0.05, 0) is 31.0 Å². The lowest BCUT2D eigenvalue weighted by Gasteiger charge is -2.32. The van der Waals surface area contributed by atoms with Crippen LogP contribution in [0.4, 0.5) is 0 Å². The number of piperidine rings is 1. The second kappa shape index (κ2) is 8.78. The molecule has 1 fully saturated rings. The average Bonchev–Trinajstić information content (AvgIpc) is 3.27. The van der Waals surface area contributed by atoms with E-state index in [-0.39, 0.29) is 17.9 Å². The molecule has 3 heterocycles. The summed E-state index contributed by atoms with van der Waals surface area (Å²) >= 11 is 9.02. The van der Waals surface area contributed by atoms with Crippen LogP contribution >= 0.6 is 34.7 Å². The van der Waals surface area contributed by atoms with Crippen LogP contribution in [0.25, 0.3) is 0 Å². The first-order valence-corrected chi connectivity index (χ1v) is 10.4. The predicted octanol–water partition coefficient (Wildman–Crippen LogP) is 3.65. The summed E-state index contributed by atoms with van der Waals surface area (Å²) in [5, 5.41) is 3.07. The molecule has 0 radical (unpaired) electrons. The van der Waals surface area contributed by atoms with Gasteiger partial charge in [0.1, 0.15) is 6.26 Å². The van der Waals surface area contributed by atoms with Crippen LogP contribution in [0, 0.1) is 0 Å². The van der Waals surface area contributed by atoms with Gasteiger partial charge in [0.2, 0.25) is 5.91 Å². The summed E-state index contributed by atoms with van der Waals surface area (Å²) in [7, 11) is 0. The third kappa shape index (κ3) is 5.26. The average molecular weight is 399 g/mol. The molecule has 0 aromatic carbocycles. The first-order chi connectivity index (χ1) is 12.1. The quantitative estimate of drug-likeness (QED) is 0.806. The van der Waals surface area contributed by atoms with Crippen molar-refractivity contribution in [3.63, 3.8) is 0 Å². The van der Waals surface area contributed by atoms with E-state index in [2.05, 4.69) is 5.32 Å². The Morgan fingerprint density at radius 3 is 2.76 bits per heavy atom. The summed E-state index contributed by atoms with van der Waals surface area (Å²) in [4.78, 5) is 27.3. The van der Waals surface area contributed by atoms with Gasteiger partial charge in [-0.1, -0.05) is 11.6 Å². The number of furan rings is 1. The molecule has 25 heavy (non-hydrogen) atoms. The highest BCUT2D eigenvalue weighted by atomic mass is 35.5. The SMILES string of the molecule is O=C(CSCc1ccc(Cl)s1)NC1CCN(C(=O)c2ccoc2)CC1. The maximum Gasteiger partial charge on any atom is 0.257 e. The molecule has 5 nitrogen and oxygen atoms in total. The highest BCUT2D eigenvalue weighted by Crippen LogP contribution is 2.25. The minimum Gasteiger partial charge on any atom is -0.472 e. The topological polar surface area (TPSA) is 62.6 Å². The largest absolute Gasteiger partial charge is 0.472 e. The van der Waals surface area contributed by atoms with Gasteiger partial charge >= 0.3 is 0 Å². The molecule has 2 aromatic heterocycles. The van der Waals surface area contributed by atoms with E-state index in [0.717, 1.165) is 22.9 Å². The number of carbonyl (C=O) groups excluding carboxylic acids is 2. The molecule has 0 bridgehead atoms. The summed E-state index contributed by atoms with van der Waals surface area (Å²) in [6.45, 7) is 1.30. The van der Waals surface area contributed by atoms with E-state index in [1.807, 2.05) is 17.0 Å². The molecule has 0 atom stereocenters. The van der Waals surface area contributed by atoms with Crippen molar-refractivity contribution >= 4 is 46.5 Å². The van der Waals surface area contributed by atoms with E-state index in [1.165, 1.54) is 17.4 Å². The summed E-state index contributed by atoms with van der Waals surface area (Å²) < 4.78 is 5.73. The molecule has 1 saturated heterocycles. The van der Waals surface area contributed by atoms with Crippen LogP contribution < -0.4 is 5.32 Å². The van der Waals surface area contributed by atoms with Crippen LogP contribution in [0.15, 0.2) is 35.1 Å². The van der Waals surface area contributed by atoms with E-state index in [9.17, 15) is 9.59 Å². The third-order valence-corrected chi connectivity index (χ3v) is 6.42. The molecule has 1 N–H and O–H groups in total. The number of thioether (sulfide) groups is 1. The maximum absolute atomic E-state index is 12.2. The molecule has 8 heteroatoms. The number of hydrogen-bond acceptors (Lipinski definition) is 5. The maximum atomic E-state index is 12.2. The fraction of sp³-hybridized carbons (Fsp3) is 0.412. The summed E-state index contributed by atoms with van der Waals surface area (Å²) in [6.07, 6.45) is 4.53. The molecule has 3 rings (SSSR count). The number of amides is 2. The Morgan fingerprint density at radius 2 is 2.12 bits per heavy atom. The van der Waals surface area contributed by atoms with Gasteiger partial charge in [0, 0.05) is 29.8 Å². The first kappa shape index (κ1) is 18.4. The Morgan fingerprint density at radius 1 is 1.32 bits per heavy atom. The van der Waals surface area contributed by atoms with Gasteiger partial charge in [0.25, 0.3) is 5.91 Å². The van der Waals surface area contributed by atoms with Crippen molar-refractivity contribution in [2.75, 3.05) is 18.8 Å². The Balaban J connectivity index is 1.35. The van der Waals surface area contributed by atoms with Crippen LogP contribution in [0.5, 0.6) is 0 Å². The Labute approximate surface area is 159 Å². The molecule has 0 aliphatic carbocycles. The molecule has 0 saturated carbocycles. The number of carbonyl (C=O) groups is 2. The van der Waals surface area contributed by atoms with Crippen LogP contribution in [-0.4, -0.2) is 41.6 Å². The number of nitrogens with one attached hydrogen (secondary N) is 1. The number of likely N-dealkylation sites (tertiary alicyclic amines) is 1. The predicted molar refractivity (Wildman–Crippen MR) is 101 cm³/mol. The van der Waals surface area contributed by atoms with Gasteiger partial charge < -0.3 is 14.6 Å². The first-order valence-electron chi connectivity index (χ1n) is 8.04. The zero-order chi connectivity index (χ0) is 17.6. The lowest BCUT2D eigenvalue weighted by atomic mass is 10.0. The normalized spacial score (nSPS) is 15.3. The lowest BCUT2D eigenvalue weighted by Crippen LogP contribution is -2.46. The van der Waals surface area contributed by atoms with E-state index >= 15 is 0 Å². The van der Waals surface area contributed by atoms with Crippen molar-refractivity contribution in [1.82, 2.24) is 10.2 Å². The fourth-order valence-corrected chi connectivity index (χ4v) is 4.78. The number of halogens is 1.